The highest BCUT2D eigenvalue weighted by Crippen LogP contribution is 2.79. The Bertz CT molecular complexity index is 1710. The minimum Gasteiger partial charge on any atom is -0.300 e. The zero-order valence-electron chi connectivity index (χ0n) is 21.4. The molecule has 0 saturated carbocycles. The quantitative estimate of drug-likeness (QED) is 0.225. The summed E-state index contributed by atoms with van der Waals surface area (Å²) in [5, 5.41) is 2.57. The molecule has 186 valence electrons. The van der Waals surface area contributed by atoms with Crippen molar-refractivity contribution in [2.75, 3.05) is 0 Å². The molecule has 0 radical (unpaired) electrons. The van der Waals surface area contributed by atoms with Gasteiger partial charge in [0, 0.05) is 23.8 Å². The second-order valence-corrected chi connectivity index (χ2v) is 13.7. The Hall–Kier alpha value is -3.71. The molecule has 0 aromatic heterocycles. The third kappa shape index (κ3) is 3.27. The Labute approximate surface area is 224 Å². The maximum absolute atomic E-state index is 16.5. The van der Waals surface area contributed by atoms with Crippen molar-refractivity contribution in [3.8, 4) is 0 Å². The summed E-state index contributed by atoms with van der Waals surface area (Å²) < 4.78 is 18.9. The Kier molecular flexibility index (Phi) is 5.51. The van der Waals surface area contributed by atoms with E-state index in [0.29, 0.717) is 6.54 Å². The van der Waals surface area contributed by atoms with E-state index in [-0.39, 0.29) is 12.0 Å². The Morgan fingerprint density at radius 1 is 0.737 bits per heavy atom. The smallest absolute Gasteiger partial charge is 0.190 e. The fourth-order valence-electron chi connectivity index (χ4n) is 6.94. The third-order valence-corrected chi connectivity index (χ3v) is 12.7. The number of benzene rings is 5. The summed E-state index contributed by atoms with van der Waals surface area (Å²) in [6.07, 6.45) is 4.58. The van der Waals surface area contributed by atoms with Gasteiger partial charge in [-0.05, 0) is 46.0 Å². The van der Waals surface area contributed by atoms with E-state index in [4.69, 9.17) is 0 Å². The van der Waals surface area contributed by atoms with Crippen LogP contribution in [-0.4, -0.2) is 4.67 Å². The van der Waals surface area contributed by atoms with Crippen molar-refractivity contribution >= 4 is 29.4 Å². The maximum Gasteiger partial charge on any atom is 0.190 e. The molecule has 1 heterocycles. The van der Waals surface area contributed by atoms with Gasteiger partial charge in [0.2, 0.25) is 0 Å². The van der Waals surface area contributed by atoms with Gasteiger partial charge in [-0.15, -0.1) is 0 Å². The molecule has 7 rings (SSSR count). The van der Waals surface area contributed by atoms with E-state index in [0.717, 1.165) is 16.1 Å². The van der Waals surface area contributed by atoms with E-state index in [1.807, 2.05) is 6.07 Å². The largest absolute Gasteiger partial charge is 0.300 e. The molecule has 1 fully saturated rings. The molecule has 4 atom stereocenters. The lowest BCUT2D eigenvalue weighted by Gasteiger charge is -2.40. The lowest BCUT2D eigenvalue weighted by Crippen LogP contribution is -2.34. The van der Waals surface area contributed by atoms with Gasteiger partial charge in [0.1, 0.15) is 0 Å². The lowest BCUT2D eigenvalue weighted by molar-refractivity contribution is 0.290. The van der Waals surface area contributed by atoms with Gasteiger partial charge < -0.3 is 4.57 Å². The Balaban J connectivity index is 1.58. The zero-order valence-corrected chi connectivity index (χ0v) is 22.3. The molecule has 0 unspecified atom stereocenters. The molecular weight excluding hydrogens is 481 g/mol. The fraction of sp³-hybridized carbons (Fsp3) is 0.143. The summed E-state index contributed by atoms with van der Waals surface area (Å²) in [5.41, 5.74) is 4.73. The number of nitrogens with zero attached hydrogens (tertiary/aromatic N) is 1. The normalized spacial score (nSPS) is 26.2. The molecule has 5 aromatic carbocycles. The van der Waals surface area contributed by atoms with Crippen molar-refractivity contribution < 1.29 is 4.57 Å². The third-order valence-electron chi connectivity index (χ3n) is 8.71. The molecule has 3 heteroatoms. The van der Waals surface area contributed by atoms with Crippen molar-refractivity contribution in [1.82, 2.24) is 4.67 Å². The second-order valence-electron chi connectivity index (χ2n) is 10.6. The van der Waals surface area contributed by atoms with Crippen LogP contribution in [0.15, 0.2) is 133 Å². The summed E-state index contributed by atoms with van der Waals surface area (Å²) in [7, 11) is -3.26. The standard InChI is InChI=1S/C35H30NOP/c1-35-31-21-11-9-16-28(31)23-24-32(35)34(29-17-6-3-7-18-29)36(25-26-13-4-2-5-14-26)38(35,37)33-22-12-19-27-15-8-10-20-30(27)33/h2-24,32,34H,25H2,1H3/t32-,34+,35-,38-/m1/s1. The van der Waals surface area contributed by atoms with Gasteiger partial charge in [-0.3, -0.25) is 0 Å². The molecule has 0 spiro atoms. The van der Waals surface area contributed by atoms with Crippen LogP contribution in [0.25, 0.3) is 16.8 Å². The highest BCUT2D eigenvalue weighted by Gasteiger charge is 2.66. The minimum absolute atomic E-state index is 0.0317. The summed E-state index contributed by atoms with van der Waals surface area (Å²) >= 11 is 0. The first kappa shape index (κ1) is 23.4. The van der Waals surface area contributed by atoms with Crippen LogP contribution in [0.2, 0.25) is 0 Å². The molecule has 0 N–H and O–H groups in total. The number of hydrogen-bond donors (Lipinski definition) is 0. The summed E-state index contributed by atoms with van der Waals surface area (Å²) in [6.45, 7) is 2.88. The van der Waals surface area contributed by atoms with Crippen LogP contribution in [0.1, 0.15) is 35.2 Å². The molecule has 5 aromatic rings. The summed E-state index contributed by atoms with van der Waals surface area (Å²) in [5.74, 6) is 0.0494. The van der Waals surface area contributed by atoms with Gasteiger partial charge in [-0.25, -0.2) is 4.67 Å². The van der Waals surface area contributed by atoms with Crippen LogP contribution in [0, 0.1) is 5.92 Å². The molecule has 38 heavy (non-hydrogen) atoms. The van der Waals surface area contributed by atoms with E-state index in [1.165, 1.54) is 22.3 Å². The Morgan fingerprint density at radius 2 is 1.39 bits per heavy atom. The van der Waals surface area contributed by atoms with Crippen molar-refractivity contribution in [3.63, 3.8) is 0 Å². The number of fused-ring (bicyclic) bond motifs is 4. The maximum atomic E-state index is 16.5. The van der Waals surface area contributed by atoms with E-state index in [9.17, 15) is 0 Å². The van der Waals surface area contributed by atoms with E-state index in [2.05, 4.69) is 145 Å². The van der Waals surface area contributed by atoms with Crippen molar-refractivity contribution in [1.29, 1.82) is 0 Å². The fourth-order valence-corrected chi connectivity index (χ4v) is 11.2. The van der Waals surface area contributed by atoms with Gasteiger partial charge in [0.15, 0.2) is 7.29 Å². The average molecular weight is 512 g/mol. The van der Waals surface area contributed by atoms with Gasteiger partial charge in [0.25, 0.3) is 0 Å². The SMILES string of the molecule is C[C@@]12c3ccccc3C=C[C@@H]1[C@H](c1ccccc1)N(Cc1ccccc1)[P@@]2(=O)c1cccc2ccccc12. The van der Waals surface area contributed by atoms with Crippen molar-refractivity contribution in [2.24, 2.45) is 5.92 Å². The molecule has 1 aliphatic carbocycles. The highest BCUT2D eigenvalue weighted by molar-refractivity contribution is 7.71. The van der Waals surface area contributed by atoms with Crippen LogP contribution < -0.4 is 5.30 Å². The van der Waals surface area contributed by atoms with Crippen LogP contribution >= 0.6 is 7.29 Å². The van der Waals surface area contributed by atoms with E-state index < -0.39 is 12.4 Å². The molecular formula is C35H30NOP. The molecule has 2 aliphatic rings. The van der Waals surface area contributed by atoms with Crippen LogP contribution in [0.5, 0.6) is 0 Å². The van der Waals surface area contributed by atoms with Crippen molar-refractivity contribution in [3.05, 3.63) is 156 Å². The van der Waals surface area contributed by atoms with Crippen LogP contribution in [0.4, 0.5) is 0 Å². The monoisotopic (exact) mass is 511 g/mol. The average Bonchev–Trinajstić information content (AvgIpc) is 3.18. The van der Waals surface area contributed by atoms with Crippen LogP contribution in [0.3, 0.4) is 0 Å². The molecule has 0 amide bonds. The van der Waals surface area contributed by atoms with Crippen LogP contribution in [-0.2, 0) is 16.3 Å². The predicted molar refractivity (Wildman–Crippen MR) is 159 cm³/mol. The van der Waals surface area contributed by atoms with Crippen molar-refractivity contribution in [2.45, 2.75) is 24.7 Å². The van der Waals surface area contributed by atoms with Gasteiger partial charge in [0.05, 0.1) is 5.16 Å². The second kappa shape index (κ2) is 8.95. The van der Waals surface area contributed by atoms with Gasteiger partial charge >= 0.3 is 0 Å². The summed E-state index contributed by atoms with van der Waals surface area (Å²) in [4.78, 5) is 0. The van der Waals surface area contributed by atoms with Gasteiger partial charge in [-0.1, -0.05) is 133 Å². The summed E-state index contributed by atoms with van der Waals surface area (Å²) in [6, 6.07) is 44.5. The molecule has 0 bridgehead atoms. The number of rotatable bonds is 4. The first-order chi connectivity index (χ1) is 18.6. The molecule has 1 aliphatic heterocycles. The predicted octanol–water partition coefficient (Wildman–Crippen LogP) is 8.56. The minimum atomic E-state index is -3.26. The molecule has 2 nitrogen and oxygen atoms in total. The Morgan fingerprint density at radius 3 is 2.21 bits per heavy atom. The first-order valence-electron chi connectivity index (χ1n) is 13.3. The molecule has 1 saturated heterocycles. The van der Waals surface area contributed by atoms with E-state index >= 15 is 4.57 Å². The zero-order chi connectivity index (χ0) is 25.7. The highest BCUT2D eigenvalue weighted by atomic mass is 31.2. The topological polar surface area (TPSA) is 20.3 Å². The first-order valence-corrected chi connectivity index (χ1v) is 15.0. The van der Waals surface area contributed by atoms with Gasteiger partial charge in [-0.2, -0.15) is 0 Å². The van der Waals surface area contributed by atoms with E-state index in [1.54, 1.807) is 0 Å². The number of hydrogen-bond acceptors (Lipinski definition) is 1. The lowest BCUT2D eigenvalue weighted by atomic mass is 9.74.